The normalized spacial score (nSPS) is 17.5. The maximum absolute atomic E-state index is 12.9. The number of hydrogen-bond donors (Lipinski definition) is 1. The van der Waals surface area contributed by atoms with Crippen LogP contribution in [0.25, 0.3) is 10.9 Å². The molecule has 0 spiro atoms. The Morgan fingerprint density at radius 2 is 2.00 bits per heavy atom. The molecule has 1 N–H and O–H groups in total. The highest BCUT2D eigenvalue weighted by molar-refractivity contribution is 6.32. The van der Waals surface area contributed by atoms with Crippen molar-refractivity contribution in [3.05, 3.63) is 69.9 Å². The van der Waals surface area contributed by atoms with Gasteiger partial charge in [-0.15, -0.1) is 0 Å². The molecule has 0 aliphatic heterocycles. The molecule has 1 unspecified atom stereocenters. The number of halogens is 1. The van der Waals surface area contributed by atoms with Crippen LogP contribution < -0.4 is 0 Å². The summed E-state index contributed by atoms with van der Waals surface area (Å²) in [7, 11) is 0. The SMILES string of the molecule is Cc1cc2c3c([nH]c2cc1Cl)C(=O)C(Cc1ccccc1)CC3. The third-order valence-electron chi connectivity index (χ3n) is 4.87. The largest absolute Gasteiger partial charge is 0.352 e. The fourth-order valence-corrected chi connectivity index (χ4v) is 3.76. The number of fused-ring (bicyclic) bond motifs is 3. The second-order valence-corrected chi connectivity index (χ2v) is 6.82. The molecule has 3 heteroatoms. The first-order chi connectivity index (χ1) is 11.1. The monoisotopic (exact) mass is 323 g/mol. The molecular weight excluding hydrogens is 306 g/mol. The van der Waals surface area contributed by atoms with Crippen molar-refractivity contribution in [2.75, 3.05) is 0 Å². The van der Waals surface area contributed by atoms with Gasteiger partial charge >= 0.3 is 0 Å². The number of benzene rings is 2. The average Bonchev–Trinajstić information content (AvgIpc) is 2.90. The smallest absolute Gasteiger partial charge is 0.182 e. The summed E-state index contributed by atoms with van der Waals surface area (Å²) < 4.78 is 0. The number of Topliss-reactive ketones (excluding diaryl/α,β-unsaturated/α-hetero) is 1. The fraction of sp³-hybridized carbons (Fsp3) is 0.250. The van der Waals surface area contributed by atoms with E-state index >= 15 is 0 Å². The minimum Gasteiger partial charge on any atom is -0.352 e. The summed E-state index contributed by atoms with van der Waals surface area (Å²) in [6, 6.07) is 14.3. The highest BCUT2D eigenvalue weighted by Crippen LogP contribution is 2.35. The van der Waals surface area contributed by atoms with Crippen molar-refractivity contribution in [3.8, 4) is 0 Å². The summed E-state index contributed by atoms with van der Waals surface area (Å²) in [5.41, 5.74) is 5.20. The van der Waals surface area contributed by atoms with Crippen LogP contribution in [-0.4, -0.2) is 10.8 Å². The second kappa shape index (κ2) is 5.54. The van der Waals surface area contributed by atoms with E-state index in [1.54, 1.807) is 0 Å². The number of nitrogens with one attached hydrogen (secondary N) is 1. The van der Waals surface area contributed by atoms with Gasteiger partial charge in [0.25, 0.3) is 0 Å². The molecule has 1 atom stereocenters. The van der Waals surface area contributed by atoms with E-state index in [-0.39, 0.29) is 11.7 Å². The summed E-state index contributed by atoms with van der Waals surface area (Å²) in [5, 5.41) is 1.89. The predicted molar refractivity (Wildman–Crippen MR) is 94.3 cm³/mol. The molecule has 1 aliphatic rings. The van der Waals surface area contributed by atoms with Gasteiger partial charge in [0.15, 0.2) is 5.78 Å². The Bertz CT molecular complexity index is 895. The number of aryl methyl sites for hydroxylation is 2. The Balaban J connectivity index is 1.71. The van der Waals surface area contributed by atoms with Crippen molar-refractivity contribution >= 4 is 28.3 Å². The molecule has 4 rings (SSSR count). The highest BCUT2D eigenvalue weighted by Gasteiger charge is 2.30. The molecule has 2 nitrogen and oxygen atoms in total. The van der Waals surface area contributed by atoms with E-state index in [1.807, 2.05) is 31.2 Å². The van der Waals surface area contributed by atoms with Gasteiger partial charge in [-0.05, 0) is 55.0 Å². The second-order valence-electron chi connectivity index (χ2n) is 6.42. The molecule has 0 bridgehead atoms. The number of carbonyl (C=O) groups excluding carboxylic acids is 1. The Kier molecular flexibility index (Phi) is 3.50. The lowest BCUT2D eigenvalue weighted by atomic mass is 9.82. The van der Waals surface area contributed by atoms with Gasteiger partial charge in [-0.25, -0.2) is 0 Å². The third-order valence-corrected chi connectivity index (χ3v) is 5.28. The van der Waals surface area contributed by atoms with E-state index in [4.69, 9.17) is 11.6 Å². The van der Waals surface area contributed by atoms with Crippen molar-refractivity contribution < 1.29 is 4.79 Å². The average molecular weight is 324 g/mol. The van der Waals surface area contributed by atoms with Gasteiger partial charge < -0.3 is 4.98 Å². The van der Waals surface area contributed by atoms with E-state index in [9.17, 15) is 4.79 Å². The minimum atomic E-state index is 0.0644. The van der Waals surface area contributed by atoms with E-state index < -0.39 is 0 Å². The summed E-state index contributed by atoms with van der Waals surface area (Å²) in [6.07, 6.45) is 2.67. The maximum Gasteiger partial charge on any atom is 0.182 e. The zero-order valence-corrected chi connectivity index (χ0v) is 13.8. The van der Waals surface area contributed by atoms with Gasteiger partial charge in [-0.1, -0.05) is 41.9 Å². The number of carbonyl (C=O) groups is 1. The fourth-order valence-electron chi connectivity index (χ4n) is 3.60. The predicted octanol–water partition coefficient (Wildman–Crippen LogP) is 5.12. The first-order valence-electron chi connectivity index (χ1n) is 8.02. The number of H-pyrrole nitrogens is 1. The Morgan fingerprint density at radius 1 is 1.22 bits per heavy atom. The van der Waals surface area contributed by atoms with Crippen LogP contribution in [0.2, 0.25) is 5.02 Å². The number of ketones is 1. The van der Waals surface area contributed by atoms with Gasteiger partial charge in [0, 0.05) is 21.8 Å². The highest BCUT2D eigenvalue weighted by atomic mass is 35.5. The number of aromatic amines is 1. The van der Waals surface area contributed by atoms with Crippen molar-refractivity contribution in [2.24, 2.45) is 5.92 Å². The summed E-state index contributed by atoms with van der Waals surface area (Å²) >= 11 is 6.22. The molecule has 0 saturated heterocycles. The zero-order chi connectivity index (χ0) is 16.0. The van der Waals surface area contributed by atoms with Crippen LogP contribution in [0.15, 0.2) is 42.5 Å². The quantitative estimate of drug-likeness (QED) is 0.697. The molecule has 0 saturated carbocycles. The molecule has 1 aromatic heterocycles. The molecule has 116 valence electrons. The molecular formula is C20H18ClNO. The molecule has 1 heterocycles. The first-order valence-corrected chi connectivity index (χ1v) is 8.40. The van der Waals surface area contributed by atoms with Crippen LogP contribution in [0, 0.1) is 12.8 Å². The molecule has 1 aliphatic carbocycles. The Morgan fingerprint density at radius 3 is 2.78 bits per heavy atom. The standard InChI is InChI=1S/C20H18ClNO/c1-12-9-16-15-8-7-14(10-13-5-3-2-4-6-13)20(23)19(15)22-18(16)11-17(12)21/h2-6,9,11,14,22H,7-8,10H2,1H3. The summed E-state index contributed by atoms with van der Waals surface area (Å²) in [6.45, 7) is 2.00. The van der Waals surface area contributed by atoms with Crippen molar-refractivity contribution in [1.82, 2.24) is 4.98 Å². The number of aromatic nitrogens is 1. The van der Waals surface area contributed by atoms with Crippen LogP contribution in [0.3, 0.4) is 0 Å². The van der Waals surface area contributed by atoms with E-state index in [0.29, 0.717) is 0 Å². The molecule has 23 heavy (non-hydrogen) atoms. The van der Waals surface area contributed by atoms with Gasteiger partial charge in [-0.3, -0.25) is 4.79 Å². The lowest BCUT2D eigenvalue weighted by Gasteiger charge is -2.21. The minimum absolute atomic E-state index is 0.0644. The number of hydrogen-bond acceptors (Lipinski definition) is 1. The zero-order valence-electron chi connectivity index (χ0n) is 13.0. The van der Waals surface area contributed by atoms with E-state index in [0.717, 1.165) is 52.0 Å². The van der Waals surface area contributed by atoms with Gasteiger partial charge in [0.1, 0.15) is 0 Å². The van der Waals surface area contributed by atoms with E-state index in [2.05, 4.69) is 23.2 Å². The Hall–Kier alpha value is -2.06. The van der Waals surface area contributed by atoms with Crippen LogP contribution in [0.5, 0.6) is 0 Å². The van der Waals surface area contributed by atoms with Crippen molar-refractivity contribution in [2.45, 2.75) is 26.2 Å². The molecule has 0 amide bonds. The third kappa shape index (κ3) is 2.47. The summed E-state index contributed by atoms with van der Waals surface area (Å²) in [4.78, 5) is 16.2. The van der Waals surface area contributed by atoms with Gasteiger partial charge in [0.05, 0.1) is 5.69 Å². The first kappa shape index (κ1) is 14.5. The molecule has 2 aromatic carbocycles. The van der Waals surface area contributed by atoms with Gasteiger partial charge in [0.2, 0.25) is 0 Å². The summed E-state index contributed by atoms with van der Waals surface area (Å²) in [5.74, 6) is 0.301. The molecule has 0 radical (unpaired) electrons. The van der Waals surface area contributed by atoms with Crippen LogP contribution in [0.1, 0.15) is 33.6 Å². The molecule has 3 aromatic rings. The van der Waals surface area contributed by atoms with Crippen molar-refractivity contribution in [3.63, 3.8) is 0 Å². The number of rotatable bonds is 2. The van der Waals surface area contributed by atoms with Crippen molar-refractivity contribution in [1.29, 1.82) is 0 Å². The lowest BCUT2D eigenvalue weighted by molar-refractivity contribution is 0.0897. The van der Waals surface area contributed by atoms with E-state index in [1.165, 1.54) is 5.56 Å². The van der Waals surface area contributed by atoms with Crippen LogP contribution >= 0.6 is 11.6 Å². The van der Waals surface area contributed by atoms with Crippen LogP contribution in [0.4, 0.5) is 0 Å². The van der Waals surface area contributed by atoms with Gasteiger partial charge in [-0.2, -0.15) is 0 Å². The Labute approximate surface area is 140 Å². The lowest BCUT2D eigenvalue weighted by Crippen LogP contribution is -2.24. The topological polar surface area (TPSA) is 32.9 Å². The maximum atomic E-state index is 12.9. The van der Waals surface area contributed by atoms with Crippen LogP contribution in [-0.2, 0) is 12.8 Å². The molecule has 0 fully saturated rings.